The molecule has 198 valence electrons. The highest BCUT2D eigenvalue weighted by molar-refractivity contribution is 7.93. The number of rotatable bonds is 8. The van der Waals surface area contributed by atoms with E-state index in [2.05, 4.69) is 11.5 Å². The van der Waals surface area contributed by atoms with Gasteiger partial charge in [-0.25, -0.2) is 16.8 Å². The maximum Gasteiger partial charge on any atom is 0.244 e. The Morgan fingerprint density at radius 3 is 2.14 bits per heavy atom. The van der Waals surface area contributed by atoms with Gasteiger partial charge in [-0.3, -0.25) is 9.69 Å². The predicted molar refractivity (Wildman–Crippen MR) is 139 cm³/mol. The van der Waals surface area contributed by atoms with Crippen molar-refractivity contribution in [1.82, 2.24) is 14.1 Å². The van der Waals surface area contributed by atoms with Gasteiger partial charge in [0.2, 0.25) is 15.9 Å². The van der Waals surface area contributed by atoms with Crippen LogP contribution in [0.2, 0.25) is 0 Å². The van der Waals surface area contributed by atoms with Crippen LogP contribution in [0.4, 0.5) is 0 Å². The second kappa shape index (κ2) is 11.6. The van der Waals surface area contributed by atoms with E-state index < -0.39 is 19.9 Å². The molecule has 0 radical (unpaired) electrons. The molecule has 2 saturated heterocycles. The van der Waals surface area contributed by atoms with Gasteiger partial charge in [-0.1, -0.05) is 18.7 Å². The number of nitrogens with zero attached hydrogens (tertiary/aromatic N) is 3. The first-order valence-electron chi connectivity index (χ1n) is 11.8. The van der Waals surface area contributed by atoms with Crippen molar-refractivity contribution in [2.24, 2.45) is 17.4 Å². The smallest absolute Gasteiger partial charge is 0.244 e. The number of piperazine rings is 1. The molecule has 2 heterocycles. The van der Waals surface area contributed by atoms with E-state index in [9.17, 15) is 21.6 Å². The lowest BCUT2D eigenvalue weighted by Crippen LogP contribution is -2.53. The number of allylic oxidation sites excluding steroid dienone is 1. The zero-order valence-corrected chi connectivity index (χ0v) is 22.2. The van der Waals surface area contributed by atoms with Crippen LogP contribution >= 0.6 is 0 Å². The lowest BCUT2D eigenvalue weighted by molar-refractivity contribution is -0.138. The van der Waals surface area contributed by atoms with Gasteiger partial charge in [0, 0.05) is 50.6 Å². The van der Waals surface area contributed by atoms with Crippen molar-refractivity contribution in [2.45, 2.75) is 22.6 Å². The maximum absolute atomic E-state index is 13.2. The number of hydrogen-bond acceptors (Lipinski definition) is 8. The number of sulfonamides is 1. The number of likely N-dealkylation sites (tertiary alicyclic amines) is 1. The van der Waals surface area contributed by atoms with Gasteiger partial charge in [-0.05, 0) is 62.0 Å². The molecule has 3 rings (SSSR count). The van der Waals surface area contributed by atoms with E-state index in [0.717, 1.165) is 24.9 Å². The van der Waals surface area contributed by atoms with Crippen molar-refractivity contribution in [3.8, 4) is 0 Å². The second-order valence-electron chi connectivity index (χ2n) is 9.15. The average Bonchev–Trinajstić information content (AvgIpc) is 2.83. The molecule has 2 aliphatic rings. The number of nitrogens with two attached hydrogens (primary N) is 2. The molecule has 0 aliphatic carbocycles. The lowest BCUT2D eigenvalue weighted by Gasteiger charge is -2.38. The molecule has 0 saturated carbocycles. The van der Waals surface area contributed by atoms with Gasteiger partial charge < -0.3 is 16.4 Å². The van der Waals surface area contributed by atoms with Crippen LogP contribution < -0.4 is 11.5 Å². The highest BCUT2D eigenvalue weighted by atomic mass is 32.2. The maximum atomic E-state index is 13.2. The number of amides is 1. The highest BCUT2D eigenvalue weighted by Gasteiger charge is 2.35. The number of carbonyl (C=O) groups is 1. The molecule has 1 aromatic rings. The molecule has 1 aromatic carbocycles. The monoisotopic (exact) mass is 537 g/mol. The molecule has 0 atom stereocenters. The Labute approximate surface area is 213 Å². The fourth-order valence-corrected chi connectivity index (χ4v) is 7.64. The average molecular weight is 538 g/mol. The first-order chi connectivity index (χ1) is 16.9. The van der Waals surface area contributed by atoms with Crippen LogP contribution in [0.5, 0.6) is 0 Å². The molecule has 0 aromatic heterocycles. The van der Waals surface area contributed by atoms with Gasteiger partial charge in [0.05, 0.1) is 4.90 Å². The van der Waals surface area contributed by atoms with E-state index in [0.29, 0.717) is 25.1 Å². The number of sulfone groups is 1. The number of benzene rings is 1. The Balaban J connectivity index is 1.57. The molecule has 2 fully saturated rings. The van der Waals surface area contributed by atoms with Crippen molar-refractivity contribution in [3.05, 3.63) is 60.5 Å². The molecular weight excluding hydrogens is 502 g/mol. The van der Waals surface area contributed by atoms with E-state index in [1.54, 1.807) is 17.1 Å². The quantitative estimate of drug-likeness (QED) is 0.456. The lowest BCUT2D eigenvalue weighted by atomic mass is 9.94. The normalized spacial score (nSPS) is 19.6. The molecule has 2 aliphatic heterocycles. The Bertz CT molecular complexity index is 1240. The number of carbonyl (C=O) groups excluding carboxylic acids is 1. The summed E-state index contributed by atoms with van der Waals surface area (Å²) in [4.78, 5) is 16.6. The summed E-state index contributed by atoms with van der Waals surface area (Å²) in [5, 5.41) is 0. The third kappa shape index (κ3) is 6.75. The Kier molecular flexibility index (Phi) is 8.98. The molecule has 12 heteroatoms. The fourth-order valence-electron chi connectivity index (χ4n) is 4.62. The standard InChI is InChI=1S/C24H35N5O5S2/c1-19(26)17-20(7-10-25)18-27-11-8-21(9-12-27)24(30)28-13-15-29(16-14-28)36(33,34)23-6-4-3-5-22(23)35(2,31)32/h3-7,10,17,21H,1,8-9,11-16,18,25-26H2,2H3/b10-7-,20-17+. The van der Waals surface area contributed by atoms with Crippen LogP contribution in [-0.4, -0.2) is 88.9 Å². The minimum absolute atomic E-state index is 0.0381. The molecule has 0 spiro atoms. The van der Waals surface area contributed by atoms with E-state index in [-0.39, 0.29) is 47.8 Å². The second-order valence-corrected chi connectivity index (χ2v) is 13.0. The molecular formula is C24H35N5O5S2. The van der Waals surface area contributed by atoms with Crippen LogP contribution in [0.1, 0.15) is 12.8 Å². The van der Waals surface area contributed by atoms with Crippen molar-refractivity contribution in [2.75, 3.05) is 52.1 Å². The Morgan fingerprint density at radius 2 is 1.61 bits per heavy atom. The van der Waals surface area contributed by atoms with Crippen LogP contribution in [-0.2, 0) is 24.7 Å². The molecule has 4 N–H and O–H groups in total. The zero-order chi connectivity index (χ0) is 26.5. The molecule has 10 nitrogen and oxygen atoms in total. The van der Waals surface area contributed by atoms with Crippen LogP contribution in [0.25, 0.3) is 0 Å². The van der Waals surface area contributed by atoms with E-state index in [1.807, 2.05) is 0 Å². The van der Waals surface area contributed by atoms with Gasteiger partial charge in [0.25, 0.3) is 0 Å². The summed E-state index contributed by atoms with van der Waals surface area (Å²) in [5.41, 5.74) is 12.6. The summed E-state index contributed by atoms with van der Waals surface area (Å²) >= 11 is 0. The summed E-state index contributed by atoms with van der Waals surface area (Å²) in [6.07, 6.45) is 7.44. The summed E-state index contributed by atoms with van der Waals surface area (Å²) in [5.74, 6) is -0.0755. The van der Waals surface area contributed by atoms with Crippen molar-refractivity contribution in [1.29, 1.82) is 0 Å². The number of piperidine rings is 1. The van der Waals surface area contributed by atoms with E-state index in [4.69, 9.17) is 11.5 Å². The largest absolute Gasteiger partial charge is 0.405 e. The van der Waals surface area contributed by atoms with Crippen molar-refractivity contribution < 1.29 is 21.6 Å². The van der Waals surface area contributed by atoms with Gasteiger partial charge >= 0.3 is 0 Å². The third-order valence-electron chi connectivity index (χ3n) is 6.44. The van der Waals surface area contributed by atoms with Crippen molar-refractivity contribution >= 4 is 25.8 Å². The minimum atomic E-state index is -4.01. The van der Waals surface area contributed by atoms with Gasteiger partial charge in [0.1, 0.15) is 4.90 Å². The first-order valence-corrected chi connectivity index (χ1v) is 15.1. The number of hydrogen-bond donors (Lipinski definition) is 2. The van der Waals surface area contributed by atoms with Crippen LogP contribution in [0, 0.1) is 5.92 Å². The summed E-state index contributed by atoms with van der Waals surface area (Å²) in [7, 11) is -7.72. The summed E-state index contributed by atoms with van der Waals surface area (Å²) < 4.78 is 51.8. The summed E-state index contributed by atoms with van der Waals surface area (Å²) in [6.45, 7) is 6.64. The predicted octanol–water partition coefficient (Wildman–Crippen LogP) is 0.506. The van der Waals surface area contributed by atoms with E-state index in [1.165, 1.54) is 34.8 Å². The summed E-state index contributed by atoms with van der Waals surface area (Å²) in [6, 6.07) is 5.61. The SMILES string of the molecule is C=C(N)/C=C(\C=C/N)CN1CCC(C(=O)N2CCN(S(=O)(=O)c3ccccc3S(C)(=O)=O)CC2)CC1. The minimum Gasteiger partial charge on any atom is -0.405 e. The van der Waals surface area contributed by atoms with Gasteiger partial charge in [-0.15, -0.1) is 0 Å². The molecule has 0 bridgehead atoms. The van der Waals surface area contributed by atoms with Crippen LogP contribution in [0.15, 0.2) is 70.3 Å². The highest BCUT2D eigenvalue weighted by Crippen LogP contribution is 2.26. The zero-order valence-electron chi connectivity index (χ0n) is 20.5. The Morgan fingerprint density at radius 1 is 1.03 bits per heavy atom. The first kappa shape index (κ1) is 27.9. The van der Waals surface area contributed by atoms with Gasteiger partial charge in [0.15, 0.2) is 9.84 Å². The molecule has 0 unspecified atom stereocenters. The van der Waals surface area contributed by atoms with E-state index >= 15 is 0 Å². The third-order valence-corrected chi connectivity index (χ3v) is 9.68. The van der Waals surface area contributed by atoms with Crippen LogP contribution in [0.3, 0.4) is 0 Å². The van der Waals surface area contributed by atoms with Crippen molar-refractivity contribution in [3.63, 3.8) is 0 Å². The Hall–Kier alpha value is -2.67. The fraction of sp³-hybridized carbons (Fsp3) is 0.458. The molecule has 1 amide bonds. The molecule has 36 heavy (non-hydrogen) atoms. The topological polar surface area (TPSA) is 147 Å². The van der Waals surface area contributed by atoms with Gasteiger partial charge in [-0.2, -0.15) is 4.31 Å².